The number of hydrogen-bond donors (Lipinski definition) is 1. The molecule has 0 bridgehead atoms. The molecule has 1 aliphatic heterocycles. The molecule has 4 heteroatoms. The van der Waals surface area contributed by atoms with E-state index in [-0.39, 0.29) is 0 Å². The summed E-state index contributed by atoms with van der Waals surface area (Å²) in [4.78, 5) is 2.61. The van der Waals surface area contributed by atoms with E-state index in [1.165, 1.54) is 31.5 Å². The number of likely N-dealkylation sites (tertiary alicyclic amines) is 1. The van der Waals surface area contributed by atoms with Crippen LogP contribution in [0.2, 0.25) is 0 Å². The van der Waals surface area contributed by atoms with E-state index < -0.39 is 0 Å². The molecule has 0 saturated carbocycles. The predicted octanol–water partition coefficient (Wildman–Crippen LogP) is 1.17. The summed E-state index contributed by atoms with van der Waals surface area (Å²) in [7, 11) is 2.02. The van der Waals surface area contributed by atoms with Gasteiger partial charge in [-0.25, -0.2) is 0 Å². The Bertz CT molecular complexity index is 332. The van der Waals surface area contributed by atoms with E-state index in [0.717, 1.165) is 25.9 Å². The first-order valence-electron chi connectivity index (χ1n) is 6.72. The van der Waals surface area contributed by atoms with Gasteiger partial charge < -0.3 is 5.73 Å². The Balaban J connectivity index is 1.86. The molecule has 1 fully saturated rings. The minimum absolute atomic E-state index is 0.710. The molecule has 0 radical (unpaired) electrons. The Morgan fingerprint density at radius 2 is 2.35 bits per heavy atom. The van der Waals surface area contributed by atoms with E-state index in [2.05, 4.69) is 16.1 Å². The van der Waals surface area contributed by atoms with Gasteiger partial charge in [-0.15, -0.1) is 0 Å². The van der Waals surface area contributed by atoms with Crippen LogP contribution in [0.3, 0.4) is 0 Å². The molecule has 0 spiro atoms. The van der Waals surface area contributed by atoms with Crippen molar-refractivity contribution in [3.8, 4) is 0 Å². The van der Waals surface area contributed by atoms with Crippen molar-refractivity contribution in [2.24, 2.45) is 12.8 Å². The molecule has 1 atom stereocenters. The standard InChI is InChI=1S/C13H24N4/c1-16-12(6-9-15-16)7-11-17-10-3-2-4-13(17)5-8-14/h6,9,13H,2-5,7-8,10-11,14H2,1H3. The van der Waals surface area contributed by atoms with Crippen LogP contribution < -0.4 is 5.73 Å². The fourth-order valence-electron chi connectivity index (χ4n) is 2.78. The van der Waals surface area contributed by atoms with Gasteiger partial charge >= 0.3 is 0 Å². The first-order valence-corrected chi connectivity index (χ1v) is 6.72. The van der Waals surface area contributed by atoms with Crippen LogP contribution >= 0.6 is 0 Å². The molecule has 1 aromatic heterocycles. The van der Waals surface area contributed by atoms with Gasteiger partial charge in [-0.2, -0.15) is 5.10 Å². The van der Waals surface area contributed by atoms with E-state index in [0.29, 0.717) is 6.04 Å². The summed E-state index contributed by atoms with van der Waals surface area (Å²) in [6, 6.07) is 2.82. The quantitative estimate of drug-likeness (QED) is 0.834. The fraction of sp³-hybridized carbons (Fsp3) is 0.769. The van der Waals surface area contributed by atoms with Crippen molar-refractivity contribution in [1.29, 1.82) is 0 Å². The van der Waals surface area contributed by atoms with Crippen LogP contribution in [0.1, 0.15) is 31.4 Å². The van der Waals surface area contributed by atoms with Crippen molar-refractivity contribution < 1.29 is 0 Å². The maximum absolute atomic E-state index is 5.70. The average molecular weight is 236 g/mol. The zero-order valence-corrected chi connectivity index (χ0v) is 10.8. The smallest absolute Gasteiger partial charge is 0.0492 e. The third kappa shape index (κ3) is 3.30. The summed E-state index contributed by atoms with van der Waals surface area (Å²) in [6.45, 7) is 3.19. The topological polar surface area (TPSA) is 47.1 Å². The van der Waals surface area contributed by atoms with E-state index >= 15 is 0 Å². The van der Waals surface area contributed by atoms with Crippen LogP contribution in [0.5, 0.6) is 0 Å². The highest BCUT2D eigenvalue weighted by Crippen LogP contribution is 2.19. The van der Waals surface area contributed by atoms with Crippen LogP contribution in [0.15, 0.2) is 12.3 Å². The largest absolute Gasteiger partial charge is 0.330 e. The molecule has 2 rings (SSSR count). The normalized spacial score (nSPS) is 21.9. The van der Waals surface area contributed by atoms with E-state index in [1.54, 1.807) is 0 Å². The number of piperidine rings is 1. The first kappa shape index (κ1) is 12.6. The second-order valence-corrected chi connectivity index (χ2v) is 4.96. The van der Waals surface area contributed by atoms with Gasteiger partial charge in [0.05, 0.1) is 0 Å². The van der Waals surface area contributed by atoms with E-state index in [4.69, 9.17) is 5.73 Å². The second kappa shape index (κ2) is 6.17. The van der Waals surface area contributed by atoms with Crippen LogP contribution in [-0.4, -0.2) is 40.4 Å². The van der Waals surface area contributed by atoms with Gasteiger partial charge in [0, 0.05) is 37.9 Å². The molecule has 0 aromatic carbocycles. The molecule has 1 aliphatic rings. The van der Waals surface area contributed by atoms with Gasteiger partial charge in [0.25, 0.3) is 0 Å². The summed E-state index contributed by atoms with van der Waals surface area (Å²) in [5.74, 6) is 0. The molecule has 2 N–H and O–H groups in total. The number of rotatable bonds is 5. The minimum atomic E-state index is 0.710. The Morgan fingerprint density at radius 1 is 1.47 bits per heavy atom. The lowest BCUT2D eigenvalue weighted by Crippen LogP contribution is -2.41. The Morgan fingerprint density at radius 3 is 3.06 bits per heavy atom. The molecular formula is C13H24N4. The maximum atomic E-state index is 5.70. The van der Waals surface area contributed by atoms with E-state index in [1.807, 2.05) is 17.9 Å². The van der Waals surface area contributed by atoms with Gasteiger partial charge in [-0.3, -0.25) is 9.58 Å². The van der Waals surface area contributed by atoms with Crippen molar-refractivity contribution in [2.45, 2.75) is 38.1 Å². The lowest BCUT2D eigenvalue weighted by molar-refractivity contribution is 0.143. The molecule has 1 unspecified atom stereocenters. The van der Waals surface area contributed by atoms with Crippen molar-refractivity contribution >= 4 is 0 Å². The van der Waals surface area contributed by atoms with Gasteiger partial charge in [-0.1, -0.05) is 6.42 Å². The van der Waals surface area contributed by atoms with Crippen LogP contribution in [0.25, 0.3) is 0 Å². The Labute approximate surface area is 104 Å². The van der Waals surface area contributed by atoms with Crippen molar-refractivity contribution in [3.05, 3.63) is 18.0 Å². The Kier molecular flexibility index (Phi) is 4.57. The van der Waals surface area contributed by atoms with Crippen LogP contribution in [0.4, 0.5) is 0 Å². The summed E-state index contributed by atoms with van der Waals surface area (Å²) >= 11 is 0. The molecule has 0 amide bonds. The number of aryl methyl sites for hydroxylation is 1. The molecule has 2 heterocycles. The summed E-state index contributed by atoms with van der Waals surface area (Å²) in [5, 5.41) is 4.21. The molecule has 96 valence electrons. The monoisotopic (exact) mass is 236 g/mol. The fourth-order valence-corrected chi connectivity index (χ4v) is 2.78. The highest BCUT2D eigenvalue weighted by Gasteiger charge is 2.21. The van der Waals surface area contributed by atoms with Crippen molar-refractivity contribution in [2.75, 3.05) is 19.6 Å². The molecule has 17 heavy (non-hydrogen) atoms. The number of nitrogens with two attached hydrogens (primary N) is 1. The summed E-state index contributed by atoms with van der Waals surface area (Å²) in [6.07, 6.45) is 8.15. The Hall–Kier alpha value is -0.870. The lowest BCUT2D eigenvalue weighted by atomic mass is 9.99. The number of hydrogen-bond acceptors (Lipinski definition) is 3. The summed E-state index contributed by atoms with van der Waals surface area (Å²) < 4.78 is 1.97. The van der Waals surface area contributed by atoms with Crippen LogP contribution in [-0.2, 0) is 13.5 Å². The zero-order chi connectivity index (χ0) is 12.1. The third-order valence-electron chi connectivity index (χ3n) is 3.83. The number of aromatic nitrogens is 2. The van der Waals surface area contributed by atoms with Crippen molar-refractivity contribution in [1.82, 2.24) is 14.7 Å². The lowest BCUT2D eigenvalue weighted by Gasteiger charge is -2.35. The minimum Gasteiger partial charge on any atom is -0.330 e. The highest BCUT2D eigenvalue weighted by atomic mass is 15.3. The molecule has 1 aromatic rings. The second-order valence-electron chi connectivity index (χ2n) is 4.96. The summed E-state index contributed by atoms with van der Waals surface area (Å²) in [5.41, 5.74) is 7.02. The first-order chi connectivity index (χ1) is 8.31. The molecule has 4 nitrogen and oxygen atoms in total. The average Bonchev–Trinajstić information content (AvgIpc) is 2.74. The number of nitrogens with zero attached hydrogens (tertiary/aromatic N) is 3. The van der Waals surface area contributed by atoms with Gasteiger partial charge in [0.15, 0.2) is 0 Å². The molecule has 1 saturated heterocycles. The zero-order valence-electron chi connectivity index (χ0n) is 10.8. The van der Waals surface area contributed by atoms with Gasteiger partial charge in [0.1, 0.15) is 0 Å². The molecule has 0 aliphatic carbocycles. The van der Waals surface area contributed by atoms with Gasteiger partial charge in [0.2, 0.25) is 0 Å². The predicted molar refractivity (Wildman–Crippen MR) is 69.8 cm³/mol. The van der Waals surface area contributed by atoms with Gasteiger partial charge in [-0.05, 0) is 38.4 Å². The SMILES string of the molecule is Cn1nccc1CCN1CCCCC1CCN. The highest BCUT2D eigenvalue weighted by molar-refractivity contribution is 5.00. The van der Waals surface area contributed by atoms with E-state index in [9.17, 15) is 0 Å². The van der Waals surface area contributed by atoms with Crippen LogP contribution in [0, 0.1) is 0 Å². The van der Waals surface area contributed by atoms with Crippen molar-refractivity contribution in [3.63, 3.8) is 0 Å². The third-order valence-corrected chi connectivity index (χ3v) is 3.83. The maximum Gasteiger partial charge on any atom is 0.0492 e. The molecular weight excluding hydrogens is 212 g/mol.